The first kappa shape index (κ1) is 46.8. The van der Waals surface area contributed by atoms with Crippen LogP contribution in [0.25, 0.3) is 0 Å². The second-order valence-electron chi connectivity index (χ2n) is 18.0. The molecule has 4 aliphatic rings. The average Bonchev–Trinajstić information content (AvgIpc) is 3.59. The van der Waals surface area contributed by atoms with E-state index in [0.29, 0.717) is 49.7 Å². The van der Waals surface area contributed by atoms with Crippen molar-refractivity contribution in [2.24, 2.45) is 10.8 Å². The highest BCUT2D eigenvalue weighted by atomic mass is 16.7. The smallest absolute Gasteiger partial charge is 0.465 e. The van der Waals surface area contributed by atoms with Crippen LogP contribution in [0.3, 0.4) is 0 Å². The molecule has 2 aromatic carbocycles. The van der Waals surface area contributed by atoms with Crippen molar-refractivity contribution >= 4 is 38.1 Å². The van der Waals surface area contributed by atoms with Crippen LogP contribution in [0.2, 0.25) is 0 Å². The van der Waals surface area contributed by atoms with Gasteiger partial charge < -0.3 is 37.6 Å². The monoisotopic (exact) mass is 828 g/mol. The van der Waals surface area contributed by atoms with Crippen LogP contribution in [0.4, 0.5) is 0 Å². The summed E-state index contributed by atoms with van der Waals surface area (Å²) in [5.74, 6) is -1.56. The lowest BCUT2D eigenvalue weighted by atomic mass is 9.66. The van der Waals surface area contributed by atoms with Crippen LogP contribution in [0.5, 0.6) is 0 Å². The van der Waals surface area contributed by atoms with Crippen LogP contribution < -0.4 is 0 Å². The Balaban J connectivity index is 0.000000228. The molecular weight excluding hydrogens is 766 g/mol. The highest BCUT2D eigenvalue weighted by Gasteiger charge is 2.55. The minimum absolute atomic E-state index is 0.0211. The van der Waals surface area contributed by atoms with Crippen molar-refractivity contribution in [2.75, 3.05) is 26.4 Å². The molecule has 2 heterocycles. The van der Waals surface area contributed by atoms with Gasteiger partial charge in [-0.15, -0.1) is 0 Å². The van der Waals surface area contributed by atoms with E-state index in [0.717, 1.165) is 10.9 Å². The number of esters is 4. The zero-order valence-corrected chi connectivity index (χ0v) is 37.1. The van der Waals surface area contributed by atoms with E-state index in [-0.39, 0.29) is 38.4 Å². The molecule has 0 unspecified atom stereocenters. The summed E-state index contributed by atoms with van der Waals surface area (Å²) in [6.07, 6.45) is 7.02. The van der Waals surface area contributed by atoms with Gasteiger partial charge in [-0.3, -0.25) is 9.59 Å². The normalized spacial score (nSPS) is 24.8. The van der Waals surface area contributed by atoms with Gasteiger partial charge in [0.05, 0.1) is 46.7 Å². The zero-order valence-electron chi connectivity index (χ0n) is 37.1. The van der Waals surface area contributed by atoms with E-state index in [9.17, 15) is 19.2 Å². The molecule has 2 aliphatic carbocycles. The quantitative estimate of drug-likeness (QED) is 0.116. The predicted octanol–water partition coefficient (Wildman–Crippen LogP) is 8.27. The van der Waals surface area contributed by atoms with E-state index >= 15 is 0 Å². The van der Waals surface area contributed by atoms with Crippen molar-refractivity contribution in [1.29, 1.82) is 0 Å². The van der Waals surface area contributed by atoms with Crippen LogP contribution in [0, 0.1) is 10.8 Å². The molecule has 0 saturated carbocycles. The molecule has 14 heteroatoms. The molecule has 0 N–H and O–H groups in total. The summed E-state index contributed by atoms with van der Waals surface area (Å²) in [4.78, 5) is 50.4. The Morgan fingerprint density at radius 3 is 1.10 bits per heavy atom. The molecule has 0 aromatic heterocycles. The Kier molecular flexibility index (Phi) is 14.7. The molecule has 6 rings (SSSR count). The van der Waals surface area contributed by atoms with Gasteiger partial charge in [0.15, 0.2) is 0 Å². The van der Waals surface area contributed by atoms with Gasteiger partial charge in [-0.1, -0.05) is 48.6 Å². The second kappa shape index (κ2) is 18.8. The molecule has 324 valence electrons. The molecule has 2 fully saturated rings. The van der Waals surface area contributed by atoms with Gasteiger partial charge in [0, 0.05) is 0 Å². The Labute approximate surface area is 356 Å². The Morgan fingerprint density at radius 1 is 0.517 bits per heavy atom. The fourth-order valence-electron chi connectivity index (χ4n) is 7.29. The summed E-state index contributed by atoms with van der Waals surface area (Å²) in [5, 5.41) is 0. The number of carbonyl (C=O) groups excluding carboxylic acids is 4. The van der Waals surface area contributed by atoms with Crippen molar-refractivity contribution in [3.05, 3.63) is 94.9 Å². The zero-order chi connectivity index (χ0) is 44.0. The molecule has 0 spiro atoms. The van der Waals surface area contributed by atoms with Crippen LogP contribution in [-0.2, 0) is 47.2 Å². The molecule has 2 atom stereocenters. The predicted molar refractivity (Wildman–Crippen MR) is 228 cm³/mol. The molecule has 2 aliphatic heterocycles. The Morgan fingerprint density at radius 2 is 0.833 bits per heavy atom. The van der Waals surface area contributed by atoms with Crippen molar-refractivity contribution in [1.82, 2.24) is 0 Å². The second-order valence-corrected chi connectivity index (χ2v) is 18.0. The van der Waals surface area contributed by atoms with E-state index < -0.39 is 59.4 Å². The third kappa shape index (κ3) is 10.4. The molecule has 12 nitrogen and oxygen atoms in total. The van der Waals surface area contributed by atoms with E-state index in [1.807, 2.05) is 79.7 Å². The minimum atomic E-state index is -0.895. The van der Waals surface area contributed by atoms with Gasteiger partial charge in [0.1, 0.15) is 24.0 Å². The van der Waals surface area contributed by atoms with Gasteiger partial charge in [0.25, 0.3) is 0 Å². The van der Waals surface area contributed by atoms with Gasteiger partial charge in [-0.25, -0.2) is 9.59 Å². The summed E-state index contributed by atoms with van der Waals surface area (Å²) in [7, 11) is -0.857. The van der Waals surface area contributed by atoms with Crippen LogP contribution in [0.15, 0.2) is 83.8 Å². The maximum absolute atomic E-state index is 12.8. The number of ether oxygens (including phenoxy) is 4. The summed E-state index contributed by atoms with van der Waals surface area (Å²) in [5.41, 5.74) is -0.508. The summed E-state index contributed by atoms with van der Waals surface area (Å²) < 4.78 is 46.3. The minimum Gasteiger partial charge on any atom is -0.465 e. The van der Waals surface area contributed by atoms with Crippen LogP contribution in [0.1, 0.15) is 128 Å². The lowest BCUT2D eigenvalue weighted by Gasteiger charge is -2.34. The van der Waals surface area contributed by atoms with Gasteiger partial charge in [-0.05, 0) is 143 Å². The number of carbonyl (C=O) groups is 4. The first-order valence-electron chi connectivity index (χ1n) is 21.1. The molecule has 0 bridgehead atoms. The van der Waals surface area contributed by atoms with Crippen molar-refractivity contribution in [3.8, 4) is 0 Å². The number of hydrogen-bond donors (Lipinski definition) is 0. The average molecular weight is 829 g/mol. The van der Waals surface area contributed by atoms with E-state index in [1.54, 1.807) is 62.4 Å². The van der Waals surface area contributed by atoms with Crippen LogP contribution >= 0.6 is 0 Å². The highest BCUT2D eigenvalue weighted by Crippen LogP contribution is 2.45. The topological polar surface area (TPSA) is 142 Å². The maximum atomic E-state index is 12.8. The maximum Gasteiger partial charge on any atom is 0.490 e. The Bertz CT molecular complexity index is 1740. The first-order valence-corrected chi connectivity index (χ1v) is 21.1. The number of hydrogen-bond acceptors (Lipinski definition) is 12. The number of rotatable bonds is 12. The number of allylic oxidation sites excluding steroid dienone is 4. The third-order valence-corrected chi connectivity index (χ3v) is 12.8. The van der Waals surface area contributed by atoms with Crippen molar-refractivity contribution in [2.45, 2.75) is 130 Å². The number of benzene rings is 2. The molecule has 2 saturated heterocycles. The molecule has 0 amide bonds. The van der Waals surface area contributed by atoms with Crippen molar-refractivity contribution < 1.29 is 56.7 Å². The van der Waals surface area contributed by atoms with Gasteiger partial charge in [0.2, 0.25) is 0 Å². The lowest BCUT2D eigenvalue weighted by Crippen LogP contribution is -2.41. The van der Waals surface area contributed by atoms with E-state index in [2.05, 4.69) is 0 Å². The van der Waals surface area contributed by atoms with Gasteiger partial charge in [-0.2, -0.15) is 0 Å². The fourth-order valence-corrected chi connectivity index (χ4v) is 7.29. The molecule has 2 aromatic rings. The molecular formula is C46H62B2O12. The third-order valence-electron chi connectivity index (χ3n) is 12.8. The largest absolute Gasteiger partial charge is 0.490 e. The lowest BCUT2D eigenvalue weighted by molar-refractivity contribution is -0.159. The van der Waals surface area contributed by atoms with E-state index in [4.69, 9.17) is 37.6 Å². The summed E-state index contributed by atoms with van der Waals surface area (Å²) >= 11 is 0. The SMILES string of the molecule is CCOC(=O)[C@@]1(COC(=O)c2ccccc2)CC=C(B2OC(C)(C)C(C)(C)O2)CC1.CCOC(=O)[C@]1(COC(=O)c2ccccc2)CC=C(B2OC(C)(C)C(C)(C)O2)CC1. The van der Waals surface area contributed by atoms with E-state index in [1.165, 1.54) is 0 Å². The van der Waals surface area contributed by atoms with Gasteiger partial charge >= 0.3 is 38.1 Å². The van der Waals surface area contributed by atoms with Crippen molar-refractivity contribution in [3.63, 3.8) is 0 Å². The van der Waals surface area contributed by atoms with Crippen LogP contribution in [-0.4, -0.2) is 86.9 Å². The summed E-state index contributed by atoms with van der Waals surface area (Å²) in [6, 6.07) is 17.5. The molecule has 0 radical (unpaired) electrons. The fraction of sp³-hybridized carbons (Fsp3) is 0.565. The Hall–Kier alpha value is -4.23. The first-order chi connectivity index (χ1) is 28.2. The summed E-state index contributed by atoms with van der Waals surface area (Å²) in [6.45, 7) is 20.2. The highest BCUT2D eigenvalue weighted by molar-refractivity contribution is 6.55. The standard InChI is InChI=1S/2C23H31BO6/c2*1-6-27-20(26)23(16-28-19(25)17-10-8-7-9-11-17)14-12-18(13-15-23)24-29-21(2,3)22(4,5)30-24/h2*7-12H,6,13-16H2,1-5H3/t2*23-/m10/s1. The molecule has 60 heavy (non-hydrogen) atoms.